The van der Waals surface area contributed by atoms with Gasteiger partial charge in [0, 0.05) is 73.2 Å². The van der Waals surface area contributed by atoms with Crippen molar-refractivity contribution in [2.45, 2.75) is 12.3 Å². The van der Waals surface area contributed by atoms with Crippen LogP contribution in [-0.4, -0.2) is 73.2 Å². The molecular formula is C37H34F2N4O3. The van der Waals surface area contributed by atoms with Gasteiger partial charge in [0.25, 0.3) is 17.7 Å². The molecule has 2 aliphatic heterocycles. The van der Waals surface area contributed by atoms with Crippen LogP contribution >= 0.6 is 0 Å². The molecule has 3 amide bonds. The van der Waals surface area contributed by atoms with Gasteiger partial charge in [0.15, 0.2) is 0 Å². The molecule has 0 radical (unpaired) electrons. The Labute approximate surface area is 266 Å². The van der Waals surface area contributed by atoms with Crippen molar-refractivity contribution in [1.29, 1.82) is 0 Å². The van der Waals surface area contributed by atoms with Gasteiger partial charge in [-0.25, -0.2) is 8.78 Å². The predicted octanol–water partition coefficient (Wildman–Crippen LogP) is 6.45. The van der Waals surface area contributed by atoms with Crippen LogP contribution in [0.25, 0.3) is 16.7 Å². The third kappa shape index (κ3) is 6.46. The van der Waals surface area contributed by atoms with Crippen molar-refractivity contribution in [2.75, 3.05) is 50.0 Å². The highest BCUT2D eigenvalue weighted by molar-refractivity contribution is 6.11. The van der Waals surface area contributed by atoms with Gasteiger partial charge in [0.1, 0.15) is 0 Å². The van der Waals surface area contributed by atoms with Crippen molar-refractivity contribution in [3.63, 3.8) is 0 Å². The molecule has 0 spiro atoms. The molecule has 6 rings (SSSR count). The summed E-state index contributed by atoms with van der Waals surface area (Å²) in [7, 11) is 1.96. The van der Waals surface area contributed by atoms with Gasteiger partial charge in [-0.05, 0) is 54.6 Å². The second-order valence-electron chi connectivity index (χ2n) is 11.6. The number of nitrogens with zero attached hydrogens (tertiary/aromatic N) is 3. The molecule has 2 heterocycles. The monoisotopic (exact) mass is 620 g/mol. The van der Waals surface area contributed by atoms with Crippen molar-refractivity contribution < 1.29 is 23.2 Å². The smallest absolute Gasteiger partial charge is 0.275 e. The average Bonchev–Trinajstić information content (AvgIpc) is 3.18. The summed E-state index contributed by atoms with van der Waals surface area (Å²) in [5.74, 6) is -4.53. The molecule has 0 aliphatic carbocycles. The van der Waals surface area contributed by atoms with E-state index in [1.807, 2.05) is 49.5 Å². The van der Waals surface area contributed by atoms with E-state index in [9.17, 15) is 14.4 Å². The summed E-state index contributed by atoms with van der Waals surface area (Å²) in [5.41, 5.74) is 3.07. The first-order chi connectivity index (χ1) is 22.2. The quantitative estimate of drug-likeness (QED) is 0.261. The Morgan fingerprint density at radius 3 is 2.09 bits per heavy atom. The summed E-state index contributed by atoms with van der Waals surface area (Å²) in [4.78, 5) is 45.1. The van der Waals surface area contributed by atoms with E-state index in [0.717, 1.165) is 17.2 Å². The summed E-state index contributed by atoms with van der Waals surface area (Å²) in [6, 6.07) is 29.8. The van der Waals surface area contributed by atoms with E-state index in [2.05, 4.69) is 10.2 Å². The molecule has 0 bridgehead atoms. The van der Waals surface area contributed by atoms with E-state index in [4.69, 9.17) is 0 Å². The van der Waals surface area contributed by atoms with Gasteiger partial charge in [0.05, 0.1) is 5.69 Å². The summed E-state index contributed by atoms with van der Waals surface area (Å²) >= 11 is 0. The van der Waals surface area contributed by atoms with Gasteiger partial charge in [-0.3, -0.25) is 14.4 Å². The zero-order chi connectivity index (χ0) is 32.3. The lowest BCUT2D eigenvalue weighted by Crippen LogP contribution is -2.46. The number of hydrogen-bond donors (Lipinski definition) is 1. The number of amides is 3. The second-order valence-corrected chi connectivity index (χ2v) is 11.6. The Bertz CT molecular complexity index is 1780. The van der Waals surface area contributed by atoms with Gasteiger partial charge in [0.2, 0.25) is 5.91 Å². The molecule has 0 saturated carbocycles. The molecule has 4 aromatic rings. The topological polar surface area (TPSA) is 73.0 Å². The first-order valence-electron chi connectivity index (χ1n) is 15.3. The van der Waals surface area contributed by atoms with Gasteiger partial charge < -0.3 is 20.0 Å². The largest absolute Gasteiger partial charge is 0.337 e. The third-order valence-corrected chi connectivity index (χ3v) is 8.50. The number of alkyl halides is 2. The Kier molecular flexibility index (Phi) is 8.76. The molecule has 0 aromatic heterocycles. The zero-order valence-electron chi connectivity index (χ0n) is 25.5. The molecule has 46 heavy (non-hydrogen) atoms. The number of carbonyl (C=O) groups is 3. The fourth-order valence-electron chi connectivity index (χ4n) is 5.88. The molecule has 0 unspecified atom stereocenters. The van der Waals surface area contributed by atoms with E-state index in [0.29, 0.717) is 43.1 Å². The number of halogens is 2. The number of benzene rings is 4. The minimum atomic E-state index is -3.32. The highest BCUT2D eigenvalue weighted by atomic mass is 19.3. The standard InChI is InChI=1S/C37H34F2N4O3/c1-41-21-23-42(24-22-41)34(44)25-32-31-13-7-8-14-33(31)43(20-19-37(32,38)39)36(46)27-15-17-28(18-16-27)40-35(45)30-12-6-5-11-29(30)26-9-3-2-4-10-26/h2-18,25H,19-24H2,1H3,(H,40,45)/b32-25-. The van der Waals surface area contributed by atoms with Crippen molar-refractivity contribution >= 4 is 34.7 Å². The van der Waals surface area contributed by atoms with Crippen molar-refractivity contribution in [2.24, 2.45) is 0 Å². The molecule has 7 nitrogen and oxygen atoms in total. The summed E-state index contributed by atoms with van der Waals surface area (Å²) in [5, 5.41) is 2.89. The molecule has 0 atom stereocenters. The average molecular weight is 621 g/mol. The van der Waals surface area contributed by atoms with Gasteiger partial charge in [-0.1, -0.05) is 66.7 Å². The van der Waals surface area contributed by atoms with Crippen LogP contribution in [0.1, 0.15) is 32.7 Å². The summed E-state index contributed by atoms with van der Waals surface area (Å²) in [6.45, 7) is 2.04. The summed E-state index contributed by atoms with van der Waals surface area (Å²) < 4.78 is 31.3. The Morgan fingerprint density at radius 2 is 1.37 bits per heavy atom. The third-order valence-electron chi connectivity index (χ3n) is 8.50. The lowest BCUT2D eigenvalue weighted by molar-refractivity contribution is -0.127. The molecule has 1 fully saturated rings. The fraction of sp³-hybridized carbons (Fsp3) is 0.216. The predicted molar refractivity (Wildman–Crippen MR) is 176 cm³/mol. The lowest BCUT2D eigenvalue weighted by Gasteiger charge is -2.32. The number of allylic oxidation sites excluding steroid dienone is 1. The molecule has 1 saturated heterocycles. The fourth-order valence-corrected chi connectivity index (χ4v) is 5.88. The van der Waals surface area contributed by atoms with E-state index in [1.54, 1.807) is 59.5 Å². The number of hydrogen-bond acceptors (Lipinski definition) is 4. The maximum Gasteiger partial charge on any atom is 0.275 e. The van der Waals surface area contributed by atoms with Gasteiger partial charge >= 0.3 is 0 Å². The number of carbonyl (C=O) groups excluding carboxylic acids is 3. The van der Waals surface area contributed by atoms with Gasteiger partial charge in [-0.15, -0.1) is 0 Å². The van der Waals surface area contributed by atoms with Crippen LogP contribution in [0.3, 0.4) is 0 Å². The minimum Gasteiger partial charge on any atom is -0.337 e. The molecule has 1 N–H and O–H groups in total. The van der Waals surface area contributed by atoms with Gasteiger partial charge in [-0.2, -0.15) is 0 Å². The van der Waals surface area contributed by atoms with E-state index in [-0.39, 0.29) is 29.2 Å². The first kappa shape index (κ1) is 30.9. The number of rotatable bonds is 5. The lowest BCUT2D eigenvalue weighted by atomic mass is 9.96. The molecule has 234 valence electrons. The number of fused-ring (bicyclic) bond motifs is 1. The molecule has 2 aliphatic rings. The van der Waals surface area contributed by atoms with Crippen LogP contribution in [0.15, 0.2) is 109 Å². The van der Waals surface area contributed by atoms with Crippen molar-refractivity contribution in [3.05, 3.63) is 126 Å². The van der Waals surface area contributed by atoms with Crippen LogP contribution in [0.5, 0.6) is 0 Å². The highest BCUT2D eigenvalue weighted by Crippen LogP contribution is 2.43. The number of para-hydroxylation sites is 1. The number of anilines is 2. The Morgan fingerprint density at radius 1 is 0.739 bits per heavy atom. The first-order valence-corrected chi connectivity index (χ1v) is 15.3. The van der Waals surface area contributed by atoms with Crippen molar-refractivity contribution in [3.8, 4) is 11.1 Å². The summed E-state index contributed by atoms with van der Waals surface area (Å²) in [6.07, 6.45) is 0.412. The highest BCUT2D eigenvalue weighted by Gasteiger charge is 2.41. The van der Waals surface area contributed by atoms with Crippen molar-refractivity contribution in [1.82, 2.24) is 9.80 Å². The Hall–Kier alpha value is -5.15. The van der Waals surface area contributed by atoms with Crippen LogP contribution in [-0.2, 0) is 4.79 Å². The minimum absolute atomic E-state index is 0.154. The maximum atomic E-state index is 15.7. The maximum absolute atomic E-state index is 15.7. The normalized spacial score (nSPS) is 17.2. The van der Waals surface area contributed by atoms with E-state index < -0.39 is 24.2 Å². The Balaban J connectivity index is 1.23. The van der Waals surface area contributed by atoms with Crippen LogP contribution in [0.2, 0.25) is 0 Å². The van der Waals surface area contributed by atoms with Crippen LogP contribution in [0, 0.1) is 0 Å². The number of nitrogens with one attached hydrogen (secondary N) is 1. The van der Waals surface area contributed by atoms with Crippen LogP contribution in [0.4, 0.5) is 20.2 Å². The number of likely N-dealkylation sites (N-methyl/N-ethyl adjacent to an activating group) is 1. The number of piperazine rings is 1. The van der Waals surface area contributed by atoms with Crippen LogP contribution < -0.4 is 10.2 Å². The second kappa shape index (κ2) is 13.1. The molecule has 9 heteroatoms. The van der Waals surface area contributed by atoms with E-state index in [1.165, 1.54) is 11.0 Å². The molecular weight excluding hydrogens is 586 g/mol. The SMILES string of the molecule is CN1CCN(C(=O)/C=C2/c3ccccc3N(C(=O)c3ccc(NC(=O)c4ccccc4-c4ccccc4)cc3)CCC2(F)F)CC1. The van der Waals surface area contributed by atoms with E-state index >= 15 is 8.78 Å². The molecule has 4 aromatic carbocycles. The zero-order valence-corrected chi connectivity index (χ0v) is 25.5.